The van der Waals surface area contributed by atoms with E-state index in [0.29, 0.717) is 19.2 Å². The summed E-state index contributed by atoms with van der Waals surface area (Å²) in [6.45, 7) is 17.3. The second-order valence-corrected chi connectivity index (χ2v) is 7.97. The Kier molecular flexibility index (Phi) is 10.6. The Labute approximate surface area is 203 Å². The van der Waals surface area contributed by atoms with Crippen LogP contribution in [0.1, 0.15) is 79.1 Å². The fourth-order valence-corrected chi connectivity index (χ4v) is 3.64. The second kappa shape index (κ2) is 13.4. The van der Waals surface area contributed by atoms with E-state index >= 15 is 0 Å². The monoisotopic (exact) mass is 462 g/mol. The molecule has 0 saturated carbocycles. The minimum atomic E-state index is 0.413. The van der Waals surface area contributed by atoms with Crippen molar-refractivity contribution >= 4 is 23.8 Å². The molecule has 1 aromatic carbocycles. The molecule has 3 rings (SSSR count). The Hall–Kier alpha value is -3.32. The summed E-state index contributed by atoms with van der Waals surface area (Å²) in [7, 11) is 0. The van der Waals surface area contributed by atoms with Crippen LogP contribution in [-0.4, -0.2) is 33.0 Å². The third-order valence-electron chi connectivity index (χ3n) is 5.11. The number of aromatic nitrogens is 4. The van der Waals surface area contributed by atoms with E-state index < -0.39 is 0 Å². The number of allylic oxidation sites excluding steroid dienone is 1. The molecule has 0 fully saturated rings. The fourth-order valence-electron chi connectivity index (χ4n) is 3.64. The summed E-state index contributed by atoms with van der Waals surface area (Å²) in [6.07, 6.45) is 4.83. The minimum Gasteiger partial charge on any atom is -0.375 e. The van der Waals surface area contributed by atoms with Gasteiger partial charge in [0.05, 0.1) is 29.9 Å². The number of ether oxygens (including phenoxy) is 1. The first-order valence-electron chi connectivity index (χ1n) is 11.9. The first-order valence-corrected chi connectivity index (χ1v) is 11.9. The van der Waals surface area contributed by atoms with Gasteiger partial charge in [-0.05, 0) is 58.3 Å². The van der Waals surface area contributed by atoms with Crippen LogP contribution in [0.5, 0.6) is 0 Å². The lowest BCUT2D eigenvalue weighted by Gasteiger charge is -2.12. The maximum absolute atomic E-state index is 5.82. The Morgan fingerprint density at radius 3 is 2.53 bits per heavy atom. The SMILES string of the molecule is CC.CCCOCc1nc(N/N=C/c2cccc(C)c2)nc(C)c1/C=C(\C)c1c(C)n[nH]c1C. The van der Waals surface area contributed by atoms with Crippen LogP contribution >= 0.6 is 0 Å². The molecule has 0 atom stereocenters. The van der Waals surface area contributed by atoms with Crippen LogP contribution in [0, 0.1) is 27.7 Å². The highest BCUT2D eigenvalue weighted by atomic mass is 16.5. The highest BCUT2D eigenvalue weighted by Crippen LogP contribution is 2.26. The molecular formula is C27H38N6O. The van der Waals surface area contributed by atoms with Gasteiger partial charge in [0.25, 0.3) is 0 Å². The van der Waals surface area contributed by atoms with Crippen molar-refractivity contribution in [3.05, 3.63) is 69.3 Å². The van der Waals surface area contributed by atoms with Crippen LogP contribution in [0.15, 0.2) is 29.4 Å². The third kappa shape index (κ3) is 7.35. The number of nitrogens with one attached hydrogen (secondary N) is 2. The molecule has 0 unspecified atom stereocenters. The van der Waals surface area contributed by atoms with E-state index in [9.17, 15) is 0 Å². The van der Waals surface area contributed by atoms with E-state index in [1.54, 1.807) is 6.21 Å². The van der Waals surface area contributed by atoms with Gasteiger partial charge in [-0.1, -0.05) is 50.6 Å². The number of aromatic amines is 1. The molecular weight excluding hydrogens is 424 g/mol. The lowest BCUT2D eigenvalue weighted by atomic mass is 10.0. The summed E-state index contributed by atoms with van der Waals surface area (Å²) in [5, 5.41) is 11.7. The minimum absolute atomic E-state index is 0.413. The van der Waals surface area contributed by atoms with Crippen LogP contribution in [0.2, 0.25) is 0 Å². The average Bonchev–Trinajstić information content (AvgIpc) is 3.15. The maximum atomic E-state index is 5.82. The van der Waals surface area contributed by atoms with Crippen LogP contribution in [0.3, 0.4) is 0 Å². The van der Waals surface area contributed by atoms with Gasteiger partial charge in [0.2, 0.25) is 5.95 Å². The molecule has 7 heteroatoms. The zero-order chi connectivity index (χ0) is 25.1. The third-order valence-corrected chi connectivity index (χ3v) is 5.11. The zero-order valence-corrected chi connectivity index (χ0v) is 21.8. The first kappa shape index (κ1) is 26.9. The van der Waals surface area contributed by atoms with Gasteiger partial charge < -0.3 is 4.74 Å². The molecule has 0 bridgehead atoms. The number of rotatable bonds is 9. The van der Waals surface area contributed by atoms with E-state index in [1.807, 2.05) is 46.8 Å². The van der Waals surface area contributed by atoms with Crippen molar-refractivity contribution < 1.29 is 4.74 Å². The highest BCUT2D eigenvalue weighted by molar-refractivity contribution is 5.83. The molecule has 0 aliphatic carbocycles. The Morgan fingerprint density at radius 2 is 1.88 bits per heavy atom. The van der Waals surface area contributed by atoms with Gasteiger partial charge >= 0.3 is 0 Å². The summed E-state index contributed by atoms with van der Waals surface area (Å²) < 4.78 is 5.82. The first-order chi connectivity index (χ1) is 16.4. The van der Waals surface area contributed by atoms with Crippen molar-refractivity contribution in [3.8, 4) is 0 Å². The Morgan fingerprint density at radius 1 is 1.12 bits per heavy atom. The van der Waals surface area contributed by atoms with E-state index in [-0.39, 0.29) is 0 Å². The number of H-pyrrole nitrogens is 1. The van der Waals surface area contributed by atoms with Crippen molar-refractivity contribution in [1.82, 2.24) is 20.2 Å². The summed E-state index contributed by atoms with van der Waals surface area (Å²) in [4.78, 5) is 9.33. The number of benzene rings is 1. The molecule has 3 aromatic rings. The predicted octanol–water partition coefficient (Wildman–Crippen LogP) is 6.39. The molecule has 0 spiro atoms. The summed E-state index contributed by atoms with van der Waals surface area (Å²) in [5.74, 6) is 0.451. The van der Waals surface area contributed by atoms with Crippen molar-refractivity contribution in [2.24, 2.45) is 5.10 Å². The number of nitrogens with zero attached hydrogens (tertiary/aromatic N) is 4. The smallest absolute Gasteiger partial charge is 0.244 e. The van der Waals surface area contributed by atoms with Crippen molar-refractivity contribution in [3.63, 3.8) is 0 Å². The summed E-state index contributed by atoms with van der Waals surface area (Å²) >= 11 is 0. The van der Waals surface area contributed by atoms with Crippen molar-refractivity contribution in [1.29, 1.82) is 0 Å². The second-order valence-electron chi connectivity index (χ2n) is 7.97. The van der Waals surface area contributed by atoms with Crippen LogP contribution in [-0.2, 0) is 11.3 Å². The average molecular weight is 463 g/mol. The molecule has 182 valence electrons. The predicted molar refractivity (Wildman–Crippen MR) is 142 cm³/mol. The van der Waals surface area contributed by atoms with Crippen LogP contribution < -0.4 is 5.43 Å². The molecule has 2 aromatic heterocycles. The zero-order valence-electron chi connectivity index (χ0n) is 21.8. The molecule has 0 saturated heterocycles. The molecule has 0 radical (unpaired) electrons. The van der Waals surface area contributed by atoms with Crippen LogP contribution in [0.25, 0.3) is 11.6 Å². The van der Waals surface area contributed by atoms with Crippen molar-refractivity contribution in [2.75, 3.05) is 12.0 Å². The van der Waals surface area contributed by atoms with Gasteiger partial charge in [0, 0.05) is 23.4 Å². The topological polar surface area (TPSA) is 88.1 Å². The van der Waals surface area contributed by atoms with Crippen molar-refractivity contribution in [2.45, 2.75) is 68.4 Å². The molecule has 0 amide bonds. The van der Waals surface area contributed by atoms with Gasteiger partial charge in [0.1, 0.15) is 0 Å². The Bertz CT molecular complexity index is 1110. The summed E-state index contributed by atoms with van der Waals surface area (Å²) in [6, 6.07) is 8.14. The highest BCUT2D eigenvalue weighted by Gasteiger charge is 2.14. The van der Waals surface area contributed by atoms with Gasteiger partial charge in [-0.25, -0.2) is 15.4 Å². The van der Waals surface area contributed by atoms with Crippen LogP contribution in [0.4, 0.5) is 5.95 Å². The standard InChI is InChI=1S/C25H32N6O.C2H6/c1-7-11-32-15-23-22(13-17(3)24-19(5)29-30-20(24)6)18(4)27-25(28-23)31-26-14-21-10-8-9-16(2)12-21;1-2/h8-10,12-14H,7,11,15H2,1-6H3,(H,29,30)(H,27,28,31);1-2H3/b17-13+,26-14+;. The maximum Gasteiger partial charge on any atom is 0.244 e. The number of hydrogen-bond acceptors (Lipinski definition) is 6. The van der Waals surface area contributed by atoms with E-state index in [1.165, 1.54) is 5.56 Å². The van der Waals surface area contributed by atoms with Gasteiger partial charge in [-0.2, -0.15) is 10.2 Å². The summed E-state index contributed by atoms with van der Waals surface area (Å²) in [5.41, 5.74) is 12.1. The fraction of sp³-hybridized carbons (Fsp3) is 0.407. The molecule has 0 aliphatic rings. The van der Waals surface area contributed by atoms with Gasteiger partial charge in [0.15, 0.2) is 0 Å². The molecule has 7 nitrogen and oxygen atoms in total. The molecule has 34 heavy (non-hydrogen) atoms. The van der Waals surface area contributed by atoms with Gasteiger partial charge in [-0.3, -0.25) is 5.10 Å². The van der Waals surface area contributed by atoms with E-state index in [0.717, 1.165) is 51.5 Å². The normalized spacial score (nSPS) is 11.5. The molecule has 2 heterocycles. The van der Waals surface area contributed by atoms with E-state index in [2.05, 4.69) is 64.7 Å². The quantitative estimate of drug-likeness (QED) is 0.218. The van der Waals surface area contributed by atoms with E-state index in [4.69, 9.17) is 9.72 Å². The lowest BCUT2D eigenvalue weighted by molar-refractivity contribution is 0.118. The molecule has 0 aliphatic heterocycles. The Balaban J connectivity index is 0.00000199. The van der Waals surface area contributed by atoms with Gasteiger partial charge in [-0.15, -0.1) is 0 Å². The number of anilines is 1. The largest absolute Gasteiger partial charge is 0.375 e. The number of hydrogen-bond donors (Lipinski definition) is 2. The molecule has 2 N–H and O–H groups in total. The number of hydrazone groups is 1. The lowest BCUT2D eigenvalue weighted by Crippen LogP contribution is -2.07. The number of aryl methyl sites for hydroxylation is 4.